The van der Waals surface area contributed by atoms with E-state index in [1.54, 1.807) is 24.3 Å². The van der Waals surface area contributed by atoms with Gasteiger partial charge < -0.3 is 41.0 Å². The number of nitrogens with one attached hydrogen (secondary N) is 5. The summed E-state index contributed by atoms with van der Waals surface area (Å²) in [6, 6.07) is 15.1. The molecule has 0 saturated heterocycles. The van der Waals surface area contributed by atoms with Crippen LogP contribution in [0.15, 0.2) is 66.7 Å². The summed E-state index contributed by atoms with van der Waals surface area (Å²) in [6.07, 6.45) is 4.20. The first-order valence-corrected chi connectivity index (χ1v) is 19.6. The van der Waals surface area contributed by atoms with Crippen LogP contribution in [0.1, 0.15) is 66.6 Å². The fourth-order valence-electron chi connectivity index (χ4n) is 7.24. The molecule has 0 radical (unpaired) electrons. The van der Waals surface area contributed by atoms with Gasteiger partial charge in [-0.05, 0) is 81.0 Å². The highest BCUT2D eigenvalue weighted by Gasteiger charge is 2.37. The number of hydrogen-bond donors (Lipinski definition) is 5. The lowest BCUT2D eigenvalue weighted by atomic mass is 10.1. The lowest BCUT2D eigenvalue weighted by molar-refractivity contribution is -0.137. The summed E-state index contributed by atoms with van der Waals surface area (Å²) in [6.45, 7) is 5.86. The molecule has 0 spiro atoms. The number of nitrogens with zero attached hydrogens (tertiary/aromatic N) is 2. The topological polar surface area (TPSA) is 205 Å². The quantitative estimate of drug-likeness (QED) is 0.0996. The van der Waals surface area contributed by atoms with Crippen molar-refractivity contribution in [1.29, 1.82) is 0 Å². The number of para-hydroxylation sites is 1. The van der Waals surface area contributed by atoms with Crippen LogP contribution in [0, 0.1) is 6.92 Å². The van der Waals surface area contributed by atoms with E-state index in [4.69, 9.17) is 9.47 Å². The van der Waals surface area contributed by atoms with E-state index in [2.05, 4.69) is 32.7 Å². The minimum absolute atomic E-state index is 0.0134. The summed E-state index contributed by atoms with van der Waals surface area (Å²) in [5, 5.41) is 14.2. The summed E-state index contributed by atoms with van der Waals surface area (Å²) < 4.78 is 11.9. The molecule has 0 bridgehead atoms. The van der Waals surface area contributed by atoms with Gasteiger partial charge in [-0.3, -0.25) is 38.5 Å². The number of anilines is 3. The van der Waals surface area contributed by atoms with Crippen molar-refractivity contribution in [3.8, 4) is 11.5 Å². The Bertz CT molecular complexity index is 2170. The Hall–Kier alpha value is -6.71. The lowest BCUT2D eigenvalue weighted by Crippen LogP contribution is -2.50. The van der Waals surface area contributed by atoms with Crippen LogP contribution in [0.25, 0.3) is 0 Å². The molecule has 16 nitrogen and oxygen atoms in total. The van der Waals surface area contributed by atoms with Crippen molar-refractivity contribution >= 4 is 58.4 Å². The van der Waals surface area contributed by atoms with Crippen molar-refractivity contribution in [3.05, 3.63) is 89.0 Å². The van der Waals surface area contributed by atoms with Crippen LogP contribution < -0.4 is 41.0 Å². The smallest absolute Gasteiger partial charge is 0.260 e. The van der Waals surface area contributed by atoms with Gasteiger partial charge in [0.05, 0.1) is 24.4 Å². The first-order chi connectivity index (χ1) is 28.3. The number of methoxy groups -OCH3 is 1. The maximum atomic E-state index is 13.8. The van der Waals surface area contributed by atoms with Crippen molar-refractivity contribution in [2.75, 3.05) is 42.3 Å². The number of ether oxygens (including phenoxy) is 2. The molecule has 59 heavy (non-hydrogen) atoms. The summed E-state index contributed by atoms with van der Waals surface area (Å²) in [5.74, 6) is -1.73. The molecule has 310 valence electrons. The van der Waals surface area contributed by atoms with E-state index in [0.717, 1.165) is 33.7 Å². The van der Waals surface area contributed by atoms with E-state index in [0.29, 0.717) is 47.8 Å². The zero-order valence-electron chi connectivity index (χ0n) is 33.5. The molecular formula is C43H49N7O9. The SMILES string of the molecule is COc1cc2c(cc1OCc1cc(C)cc(NC(=O)[C@H](C)NC(=O)[C@H](C)NC(=O)CCCCC(=O)NCCN3C(=O)C=CC3=O)c1)NC[C@@H]1Cc3ccccc3N1C2=O. The highest BCUT2D eigenvalue weighted by Crippen LogP contribution is 2.40. The summed E-state index contributed by atoms with van der Waals surface area (Å²) in [7, 11) is 1.52. The van der Waals surface area contributed by atoms with E-state index in [9.17, 15) is 33.6 Å². The van der Waals surface area contributed by atoms with Crippen LogP contribution >= 0.6 is 0 Å². The molecule has 5 N–H and O–H groups in total. The van der Waals surface area contributed by atoms with E-state index in [1.165, 1.54) is 33.1 Å². The van der Waals surface area contributed by atoms with Gasteiger partial charge in [0, 0.05) is 62.1 Å². The lowest BCUT2D eigenvalue weighted by Gasteiger charge is -2.22. The van der Waals surface area contributed by atoms with Crippen molar-refractivity contribution in [2.45, 2.75) is 77.6 Å². The molecular weight excluding hydrogens is 759 g/mol. The Balaban J connectivity index is 0.940. The van der Waals surface area contributed by atoms with Gasteiger partial charge >= 0.3 is 0 Å². The van der Waals surface area contributed by atoms with Gasteiger partial charge in [0.25, 0.3) is 17.7 Å². The highest BCUT2D eigenvalue weighted by molar-refractivity contribution is 6.13. The number of carbonyl (C=O) groups is 7. The van der Waals surface area contributed by atoms with Gasteiger partial charge in [-0.2, -0.15) is 0 Å². The van der Waals surface area contributed by atoms with E-state index in [1.807, 2.05) is 36.1 Å². The number of amides is 7. The number of aryl methyl sites for hydroxylation is 1. The van der Waals surface area contributed by atoms with Gasteiger partial charge in [-0.25, -0.2) is 0 Å². The average molecular weight is 808 g/mol. The zero-order chi connectivity index (χ0) is 42.2. The Morgan fingerprint density at radius 1 is 0.864 bits per heavy atom. The van der Waals surface area contributed by atoms with Crippen LogP contribution in [0.3, 0.4) is 0 Å². The maximum absolute atomic E-state index is 13.8. The number of unbranched alkanes of at least 4 members (excludes halogenated alkanes) is 1. The van der Waals surface area contributed by atoms with Gasteiger partial charge in [0.15, 0.2) is 11.5 Å². The number of fused-ring (bicyclic) bond motifs is 4. The fourth-order valence-corrected chi connectivity index (χ4v) is 7.24. The second-order valence-corrected chi connectivity index (χ2v) is 14.8. The normalized spacial score (nSPS) is 16.2. The van der Waals surface area contributed by atoms with E-state index >= 15 is 0 Å². The molecule has 0 aliphatic carbocycles. The maximum Gasteiger partial charge on any atom is 0.260 e. The molecule has 3 aliphatic heterocycles. The second-order valence-electron chi connectivity index (χ2n) is 14.8. The molecule has 7 amide bonds. The molecule has 3 aliphatic rings. The Labute approximate surface area is 342 Å². The largest absolute Gasteiger partial charge is 0.493 e. The summed E-state index contributed by atoms with van der Waals surface area (Å²) >= 11 is 0. The molecule has 3 atom stereocenters. The molecule has 3 aromatic rings. The molecule has 0 aromatic heterocycles. The van der Waals surface area contributed by atoms with Crippen molar-refractivity contribution in [1.82, 2.24) is 20.9 Å². The average Bonchev–Trinajstić information content (AvgIpc) is 3.70. The molecule has 16 heteroatoms. The third-order valence-electron chi connectivity index (χ3n) is 10.3. The molecule has 0 unspecified atom stereocenters. The Morgan fingerprint density at radius 2 is 1.58 bits per heavy atom. The van der Waals surface area contributed by atoms with Gasteiger partial charge in [-0.15, -0.1) is 0 Å². The first kappa shape index (κ1) is 41.9. The number of carbonyl (C=O) groups excluding carboxylic acids is 7. The van der Waals surface area contributed by atoms with Crippen LogP contribution in [0.5, 0.6) is 11.5 Å². The number of rotatable bonds is 17. The monoisotopic (exact) mass is 807 g/mol. The van der Waals surface area contributed by atoms with Crippen LogP contribution in [-0.2, 0) is 41.8 Å². The molecule has 0 saturated carbocycles. The van der Waals surface area contributed by atoms with Crippen LogP contribution in [0.4, 0.5) is 17.1 Å². The Morgan fingerprint density at radius 3 is 2.32 bits per heavy atom. The third-order valence-corrected chi connectivity index (χ3v) is 10.3. The predicted octanol–water partition coefficient (Wildman–Crippen LogP) is 3.13. The van der Waals surface area contributed by atoms with Crippen molar-refractivity contribution in [3.63, 3.8) is 0 Å². The summed E-state index contributed by atoms with van der Waals surface area (Å²) in [4.78, 5) is 90.4. The molecule has 3 aromatic carbocycles. The van der Waals surface area contributed by atoms with Gasteiger partial charge in [0.2, 0.25) is 23.6 Å². The fraction of sp³-hybridized carbons (Fsp3) is 0.372. The second kappa shape index (κ2) is 18.7. The zero-order valence-corrected chi connectivity index (χ0v) is 33.5. The van der Waals surface area contributed by atoms with Crippen LogP contribution in [-0.4, -0.2) is 91.1 Å². The predicted molar refractivity (Wildman–Crippen MR) is 219 cm³/mol. The number of hydrogen-bond acceptors (Lipinski definition) is 10. The highest BCUT2D eigenvalue weighted by atomic mass is 16.5. The summed E-state index contributed by atoms with van der Waals surface area (Å²) in [5.41, 5.74) is 5.34. The van der Waals surface area contributed by atoms with E-state index < -0.39 is 35.7 Å². The molecule has 6 rings (SSSR count). The standard InChI is InChI=1S/C43H49N7O9/c1-25-17-28(24-59-36-22-33-32(21-35(36)58-4)43(57)50-31(23-45-33)20-29-9-5-6-10-34(29)50)19-30(18-25)48-42(56)27(3)47-41(55)26(2)46-38(52)12-8-7-11-37(51)44-15-16-49-39(53)13-14-40(49)54/h5-6,9-10,13-14,17-19,21-22,26-27,31,45H,7-8,11-12,15-16,20,23-24H2,1-4H3,(H,44,51)(H,46,52)(H,47,55)(H,48,56)/t26-,27-,31-/m0/s1. The number of benzene rings is 3. The minimum Gasteiger partial charge on any atom is -0.493 e. The van der Waals surface area contributed by atoms with Crippen LogP contribution in [0.2, 0.25) is 0 Å². The minimum atomic E-state index is -0.929. The third kappa shape index (κ3) is 10.2. The molecule has 0 fully saturated rings. The number of imide groups is 1. The van der Waals surface area contributed by atoms with Crippen molar-refractivity contribution in [2.24, 2.45) is 0 Å². The van der Waals surface area contributed by atoms with Gasteiger partial charge in [-0.1, -0.05) is 24.3 Å². The Kier molecular flexibility index (Phi) is 13.3. The van der Waals surface area contributed by atoms with Crippen molar-refractivity contribution < 1.29 is 43.0 Å². The molecule has 3 heterocycles. The van der Waals surface area contributed by atoms with E-state index in [-0.39, 0.29) is 56.3 Å². The van der Waals surface area contributed by atoms with Gasteiger partial charge in [0.1, 0.15) is 18.7 Å². The first-order valence-electron chi connectivity index (χ1n) is 19.6.